The van der Waals surface area contributed by atoms with Crippen LogP contribution in [0.1, 0.15) is 77.0 Å². The fourth-order valence-electron chi connectivity index (χ4n) is 3.01. The third-order valence-electron chi connectivity index (χ3n) is 4.68. The van der Waals surface area contributed by atoms with Crippen molar-refractivity contribution in [3.05, 3.63) is 0 Å². The SMILES string of the molecule is C[N+](C)(C)C(CCCCCCCCCCCC(=O)OCCCN)C(=O)[O-]. The van der Waals surface area contributed by atoms with Gasteiger partial charge in [0.1, 0.15) is 6.04 Å². The third-order valence-corrected chi connectivity index (χ3v) is 4.68. The number of aliphatic carboxylic acids is 1. The first-order chi connectivity index (χ1) is 12.3. The second-order valence-electron chi connectivity index (χ2n) is 8.03. The molecule has 0 amide bonds. The first-order valence-electron chi connectivity index (χ1n) is 10.2. The maximum Gasteiger partial charge on any atom is 0.305 e. The smallest absolute Gasteiger partial charge is 0.305 e. The van der Waals surface area contributed by atoms with Crippen molar-refractivity contribution in [3.63, 3.8) is 0 Å². The van der Waals surface area contributed by atoms with Gasteiger partial charge in [0.15, 0.2) is 0 Å². The topological polar surface area (TPSA) is 92.5 Å². The van der Waals surface area contributed by atoms with Crippen LogP contribution >= 0.6 is 0 Å². The molecule has 1 unspecified atom stereocenters. The predicted octanol–water partition coefficient (Wildman–Crippen LogP) is 1.99. The zero-order chi connectivity index (χ0) is 19.8. The molecule has 0 fully saturated rings. The largest absolute Gasteiger partial charge is 0.544 e. The average molecular weight is 373 g/mol. The zero-order valence-corrected chi connectivity index (χ0v) is 17.1. The molecule has 6 nitrogen and oxygen atoms in total. The van der Waals surface area contributed by atoms with Crippen molar-refractivity contribution >= 4 is 11.9 Å². The van der Waals surface area contributed by atoms with Gasteiger partial charge in [-0.3, -0.25) is 4.79 Å². The quantitative estimate of drug-likeness (QED) is 0.239. The summed E-state index contributed by atoms with van der Waals surface area (Å²) >= 11 is 0. The van der Waals surface area contributed by atoms with E-state index < -0.39 is 12.0 Å². The van der Waals surface area contributed by atoms with Gasteiger partial charge in [-0.1, -0.05) is 44.9 Å². The molecule has 0 rings (SSSR count). The highest BCUT2D eigenvalue weighted by Crippen LogP contribution is 2.15. The van der Waals surface area contributed by atoms with E-state index in [0.29, 0.717) is 30.5 Å². The Morgan fingerprint density at radius 3 is 1.85 bits per heavy atom. The minimum absolute atomic E-state index is 0.109. The first kappa shape index (κ1) is 24.9. The lowest BCUT2D eigenvalue weighted by atomic mass is 10.0. The highest BCUT2D eigenvalue weighted by atomic mass is 16.5. The monoisotopic (exact) mass is 372 g/mol. The highest BCUT2D eigenvalue weighted by molar-refractivity contribution is 5.69. The van der Waals surface area contributed by atoms with E-state index in [4.69, 9.17) is 10.5 Å². The minimum Gasteiger partial charge on any atom is -0.544 e. The Bertz CT molecular complexity index is 380. The van der Waals surface area contributed by atoms with Crippen molar-refractivity contribution in [1.29, 1.82) is 0 Å². The fourth-order valence-corrected chi connectivity index (χ4v) is 3.01. The molecule has 0 radical (unpaired) electrons. The molecule has 0 aliphatic carbocycles. The first-order valence-corrected chi connectivity index (χ1v) is 10.2. The number of carbonyl (C=O) groups excluding carboxylic acids is 2. The number of nitrogens with zero attached hydrogens (tertiary/aromatic N) is 1. The van der Waals surface area contributed by atoms with E-state index in [1.165, 1.54) is 19.3 Å². The second-order valence-corrected chi connectivity index (χ2v) is 8.03. The Hall–Kier alpha value is -1.14. The van der Waals surface area contributed by atoms with E-state index >= 15 is 0 Å². The van der Waals surface area contributed by atoms with Gasteiger partial charge < -0.3 is 24.9 Å². The summed E-state index contributed by atoms with van der Waals surface area (Å²) in [7, 11) is 5.71. The van der Waals surface area contributed by atoms with E-state index in [1.807, 2.05) is 21.1 Å². The molecule has 0 bridgehead atoms. The summed E-state index contributed by atoms with van der Waals surface area (Å²) in [5, 5.41) is 11.2. The van der Waals surface area contributed by atoms with Crippen LogP contribution in [-0.2, 0) is 14.3 Å². The van der Waals surface area contributed by atoms with Gasteiger partial charge in [-0.25, -0.2) is 0 Å². The normalized spacial score (nSPS) is 12.8. The third kappa shape index (κ3) is 14.1. The van der Waals surface area contributed by atoms with Gasteiger partial charge in [-0.2, -0.15) is 0 Å². The number of esters is 1. The number of likely N-dealkylation sites (N-methyl/N-ethyl adjacent to an activating group) is 1. The maximum atomic E-state index is 11.4. The van der Waals surface area contributed by atoms with Crippen molar-refractivity contribution in [2.24, 2.45) is 5.73 Å². The zero-order valence-electron chi connectivity index (χ0n) is 17.1. The van der Waals surface area contributed by atoms with Crippen LogP contribution in [-0.4, -0.2) is 56.8 Å². The molecule has 2 N–H and O–H groups in total. The molecule has 0 saturated carbocycles. The Balaban J connectivity index is 3.44. The van der Waals surface area contributed by atoms with Crippen LogP contribution in [0.15, 0.2) is 0 Å². The van der Waals surface area contributed by atoms with Crippen LogP contribution in [0.4, 0.5) is 0 Å². The Labute approximate surface area is 159 Å². The summed E-state index contributed by atoms with van der Waals surface area (Å²) in [5.41, 5.74) is 5.35. The molecular formula is C20H40N2O4. The summed E-state index contributed by atoms with van der Waals surface area (Å²) in [6.45, 7) is 0.994. The van der Waals surface area contributed by atoms with Crippen molar-refractivity contribution in [2.75, 3.05) is 34.3 Å². The maximum absolute atomic E-state index is 11.4. The van der Waals surface area contributed by atoms with Crippen molar-refractivity contribution in [2.45, 2.75) is 83.1 Å². The summed E-state index contributed by atoms with van der Waals surface area (Å²) in [6.07, 6.45) is 11.8. The van der Waals surface area contributed by atoms with Gasteiger partial charge >= 0.3 is 5.97 Å². The van der Waals surface area contributed by atoms with E-state index in [1.54, 1.807) is 0 Å². The van der Waals surface area contributed by atoms with Gasteiger partial charge in [0, 0.05) is 12.8 Å². The molecule has 0 aromatic carbocycles. The van der Waals surface area contributed by atoms with E-state index in [-0.39, 0.29) is 5.97 Å². The van der Waals surface area contributed by atoms with E-state index in [9.17, 15) is 14.7 Å². The molecule has 0 aromatic rings. The van der Waals surface area contributed by atoms with Crippen molar-refractivity contribution in [3.8, 4) is 0 Å². The number of ether oxygens (including phenoxy) is 1. The molecule has 26 heavy (non-hydrogen) atoms. The van der Waals surface area contributed by atoms with Crippen LogP contribution < -0.4 is 10.8 Å². The predicted molar refractivity (Wildman–Crippen MR) is 102 cm³/mol. The van der Waals surface area contributed by atoms with Crippen LogP contribution in [0.2, 0.25) is 0 Å². The molecule has 0 aliphatic heterocycles. The molecule has 0 aromatic heterocycles. The van der Waals surface area contributed by atoms with Gasteiger partial charge in [-0.15, -0.1) is 0 Å². The molecule has 0 aliphatic rings. The molecular weight excluding hydrogens is 332 g/mol. The molecule has 1 atom stereocenters. The number of carbonyl (C=O) groups is 2. The average Bonchev–Trinajstić information content (AvgIpc) is 2.54. The van der Waals surface area contributed by atoms with Crippen LogP contribution in [0.25, 0.3) is 0 Å². The summed E-state index contributed by atoms with van der Waals surface area (Å²) in [5.74, 6) is -1.05. The number of rotatable bonds is 17. The summed E-state index contributed by atoms with van der Waals surface area (Å²) < 4.78 is 5.48. The number of hydrogen-bond donors (Lipinski definition) is 1. The fraction of sp³-hybridized carbons (Fsp3) is 0.900. The Morgan fingerprint density at radius 2 is 1.38 bits per heavy atom. The van der Waals surface area contributed by atoms with E-state index in [0.717, 1.165) is 44.9 Å². The molecule has 154 valence electrons. The lowest BCUT2D eigenvalue weighted by molar-refractivity contribution is -0.889. The lowest BCUT2D eigenvalue weighted by Gasteiger charge is -2.34. The standard InChI is InChI=1S/C20H40N2O4/c1-22(2,3)18(20(24)25)14-11-9-7-5-4-6-8-10-12-15-19(23)26-17-13-16-21/h18H,4-17,21H2,1-3H3. The molecule has 0 heterocycles. The van der Waals surface area contributed by atoms with Crippen LogP contribution in [0.3, 0.4) is 0 Å². The number of hydrogen-bond acceptors (Lipinski definition) is 5. The summed E-state index contributed by atoms with van der Waals surface area (Å²) in [6, 6.07) is -0.419. The number of quaternary nitrogens is 1. The number of nitrogens with two attached hydrogens (primary N) is 1. The number of unbranched alkanes of at least 4 members (excludes halogenated alkanes) is 8. The second kappa shape index (κ2) is 15.0. The van der Waals surface area contributed by atoms with Crippen LogP contribution in [0, 0.1) is 0 Å². The van der Waals surface area contributed by atoms with E-state index in [2.05, 4.69) is 0 Å². The molecule has 0 spiro atoms. The van der Waals surface area contributed by atoms with Gasteiger partial charge in [0.25, 0.3) is 0 Å². The van der Waals surface area contributed by atoms with Gasteiger partial charge in [-0.05, 0) is 25.8 Å². The summed E-state index contributed by atoms with van der Waals surface area (Å²) in [4.78, 5) is 22.6. The number of carboxylic acid groups (broad SMARTS) is 1. The van der Waals surface area contributed by atoms with Crippen molar-refractivity contribution in [1.82, 2.24) is 0 Å². The van der Waals surface area contributed by atoms with Gasteiger partial charge in [0.2, 0.25) is 0 Å². The Kier molecular flexibility index (Phi) is 14.3. The minimum atomic E-state index is -0.944. The lowest BCUT2D eigenvalue weighted by Crippen LogP contribution is -2.54. The Morgan fingerprint density at radius 1 is 0.885 bits per heavy atom. The molecule has 0 saturated heterocycles. The highest BCUT2D eigenvalue weighted by Gasteiger charge is 2.24. The van der Waals surface area contributed by atoms with Crippen LogP contribution in [0.5, 0.6) is 0 Å². The number of carboxylic acids is 1. The molecule has 6 heteroatoms. The van der Waals surface area contributed by atoms with Crippen molar-refractivity contribution < 1.29 is 23.9 Å². The van der Waals surface area contributed by atoms with Gasteiger partial charge in [0.05, 0.1) is 33.7 Å².